The number of pyridine rings is 1. The Morgan fingerprint density at radius 2 is 2.46 bits per heavy atom. The van der Waals surface area contributed by atoms with Crippen LogP contribution >= 0.6 is 0 Å². The lowest BCUT2D eigenvalue weighted by Gasteiger charge is -2.10. The predicted octanol–water partition coefficient (Wildman–Crippen LogP) is 0.865. The molecule has 0 bridgehead atoms. The normalized spacial score (nSPS) is 12.5. The molecule has 1 rings (SSSR count). The summed E-state index contributed by atoms with van der Waals surface area (Å²) in [6.07, 6.45) is 3.21. The molecule has 4 heteroatoms. The van der Waals surface area contributed by atoms with Gasteiger partial charge in [-0.2, -0.15) is 0 Å². The number of aliphatic carboxylic acids is 1. The van der Waals surface area contributed by atoms with Crippen molar-refractivity contribution >= 4 is 5.97 Å². The fourth-order valence-corrected chi connectivity index (χ4v) is 1.16. The van der Waals surface area contributed by atoms with E-state index in [0.29, 0.717) is 0 Å². The van der Waals surface area contributed by atoms with E-state index in [4.69, 9.17) is 10.8 Å². The van der Waals surface area contributed by atoms with Crippen LogP contribution in [0, 0.1) is 6.92 Å². The first-order valence-electron chi connectivity index (χ1n) is 3.99. The van der Waals surface area contributed by atoms with Crippen LogP contribution in [0.25, 0.3) is 0 Å². The highest BCUT2D eigenvalue weighted by atomic mass is 16.4. The topological polar surface area (TPSA) is 76.2 Å². The maximum atomic E-state index is 10.4. The van der Waals surface area contributed by atoms with Crippen LogP contribution in [0.1, 0.15) is 23.6 Å². The van der Waals surface area contributed by atoms with Gasteiger partial charge in [-0.15, -0.1) is 0 Å². The summed E-state index contributed by atoms with van der Waals surface area (Å²) in [7, 11) is 0. The minimum Gasteiger partial charge on any atom is -0.481 e. The van der Waals surface area contributed by atoms with E-state index >= 15 is 0 Å². The number of carbonyl (C=O) groups is 1. The zero-order valence-corrected chi connectivity index (χ0v) is 7.40. The van der Waals surface area contributed by atoms with Crippen molar-refractivity contribution in [2.75, 3.05) is 0 Å². The van der Waals surface area contributed by atoms with Crippen molar-refractivity contribution in [3.63, 3.8) is 0 Å². The van der Waals surface area contributed by atoms with Gasteiger partial charge in [0.2, 0.25) is 0 Å². The summed E-state index contributed by atoms with van der Waals surface area (Å²) in [5, 5.41) is 8.54. The maximum Gasteiger partial charge on any atom is 0.305 e. The van der Waals surface area contributed by atoms with Crippen LogP contribution in [0.5, 0.6) is 0 Å². The van der Waals surface area contributed by atoms with Gasteiger partial charge in [-0.3, -0.25) is 9.78 Å². The number of carboxylic acids is 1. The minimum absolute atomic E-state index is 0.0630. The van der Waals surface area contributed by atoms with Crippen molar-refractivity contribution < 1.29 is 9.90 Å². The predicted molar refractivity (Wildman–Crippen MR) is 48.2 cm³/mol. The molecule has 0 saturated carbocycles. The molecule has 1 heterocycles. The second-order valence-electron chi connectivity index (χ2n) is 2.94. The van der Waals surface area contributed by atoms with E-state index in [0.717, 1.165) is 11.1 Å². The van der Waals surface area contributed by atoms with Gasteiger partial charge >= 0.3 is 5.97 Å². The van der Waals surface area contributed by atoms with Gasteiger partial charge in [-0.05, 0) is 24.1 Å². The van der Waals surface area contributed by atoms with Crippen molar-refractivity contribution in [3.05, 3.63) is 29.6 Å². The van der Waals surface area contributed by atoms with E-state index in [2.05, 4.69) is 4.98 Å². The van der Waals surface area contributed by atoms with Crippen molar-refractivity contribution in [3.8, 4) is 0 Å². The van der Waals surface area contributed by atoms with Gasteiger partial charge in [-0.1, -0.05) is 0 Å². The summed E-state index contributed by atoms with van der Waals surface area (Å²) < 4.78 is 0. The van der Waals surface area contributed by atoms with Crippen LogP contribution in [0.15, 0.2) is 18.5 Å². The Balaban J connectivity index is 2.82. The largest absolute Gasteiger partial charge is 0.481 e. The molecule has 1 unspecified atom stereocenters. The Kier molecular flexibility index (Phi) is 2.97. The molecule has 70 valence electrons. The van der Waals surface area contributed by atoms with Crippen LogP contribution in [0.4, 0.5) is 0 Å². The van der Waals surface area contributed by atoms with E-state index in [1.807, 2.05) is 13.0 Å². The molecule has 1 aromatic rings. The van der Waals surface area contributed by atoms with Crippen molar-refractivity contribution in [2.24, 2.45) is 5.73 Å². The van der Waals surface area contributed by atoms with Gasteiger partial charge in [0.15, 0.2) is 0 Å². The van der Waals surface area contributed by atoms with E-state index < -0.39 is 12.0 Å². The fraction of sp³-hybridized carbons (Fsp3) is 0.333. The Hall–Kier alpha value is -1.42. The highest BCUT2D eigenvalue weighted by Crippen LogP contribution is 2.16. The van der Waals surface area contributed by atoms with Crippen LogP contribution in [0.3, 0.4) is 0 Å². The molecule has 0 spiro atoms. The Labute approximate surface area is 76.4 Å². The molecular formula is C9H12N2O2. The summed E-state index contributed by atoms with van der Waals surface area (Å²) in [6, 6.07) is 1.35. The first kappa shape index (κ1) is 9.67. The van der Waals surface area contributed by atoms with Crippen LogP contribution < -0.4 is 5.73 Å². The van der Waals surface area contributed by atoms with Crippen LogP contribution in [-0.4, -0.2) is 16.1 Å². The van der Waals surface area contributed by atoms with Crippen LogP contribution in [0.2, 0.25) is 0 Å². The Morgan fingerprint density at radius 3 is 3.00 bits per heavy atom. The third kappa shape index (κ3) is 2.52. The lowest BCUT2D eigenvalue weighted by molar-refractivity contribution is -0.137. The SMILES string of the molecule is Cc1ccncc1C(N)CC(=O)O. The molecule has 13 heavy (non-hydrogen) atoms. The summed E-state index contributed by atoms with van der Waals surface area (Å²) in [4.78, 5) is 14.3. The average molecular weight is 180 g/mol. The van der Waals surface area contributed by atoms with Gasteiger partial charge in [0.05, 0.1) is 6.42 Å². The number of aromatic nitrogens is 1. The van der Waals surface area contributed by atoms with Gasteiger partial charge in [-0.25, -0.2) is 0 Å². The standard InChI is InChI=1S/C9H12N2O2/c1-6-2-3-11-5-7(6)8(10)4-9(12)13/h2-3,5,8H,4,10H2,1H3,(H,12,13). The highest BCUT2D eigenvalue weighted by Gasteiger charge is 2.12. The fourth-order valence-electron chi connectivity index (χ4n) is 1.16. The zero-order chi connectivity index (χ0) is 9.84. The monoisotopic (exact) mass is 180 g/mol. The highest BCUT2D eigenvalue weighted by molar-refractivity contribution is 5.67. The maximum absolute atomic E-state index is 10.4. The quantitative estimate of drug-likeness (QED) is 0.723. The second kappa shape index (κ2) is 4.00. The smallest absolute Gasteiger partial charge is 0.305 e. The average Bonchev–Trinajstić information content (AvgIpc) is 2.03. The molecular weight excluding hydrogens is 168 g/mol. The molecule has 0 radical (unpaired) electrons. The molecule has 0 fully saturated rings. The van der Waals surface area contributed by atoms with Gasteiger partial charge in [0.25, 0.3) is 0 Å². The third-order valence-electron chi connectivity index (χ3n) is 1.87. The Morgan fingerprint density at radius 1 is 1.77 bits per heavy atom. The van der Waals surface area contributed by atoms with Gasteiger partial charge < -0.3 is 10.8 Å². The summed E-state index contributed by atoms with van der Waals surface area (Å²) in [5.41, 5.74) is 7.45. The molecule has 0 aliphatic heterocycles. The molecule has 0 aliphatic carbocycles. The van der Waals surface area contributed by atoms with Crippen molar-refractivity contribution in [2.45, 2.75) is 19.4 Å². The minimum atomic E-state index is -0.893. The first-order valence-corrected chi connectivity index (χ1v) is 3.99. The molecule has 0 aromatic carbocycles. The molecule has 4 nitrogen and oxygen atoms in total. The molecule has 0 aliphatic rings. The van der Waals surface area contributed by atoms with Crippen molar-refractivity contribution in [1.29, 1.82) is 0 Å². The molecule has 0 saturated heterocycles. The van der Waals surface area contributed by atoms with Crippen LogP contribution in [-0.2, 0) is 4.79 Å². The number of hydrogen-bond donors (Lipinski definition) is 2. The zero-order valence-electron chi connectivity index (χ0n) is 7.40. The first-order chi connectivity index (χ1) is 6.11. The van der Waals surface area contributed by atoms with E-state index in [1.54, 1.807) is 12.4 Å². The summed E-state index contributed by atoms with van der Waals surface area (Å²) >= 11 is 0. The lowest BCUT2D eigenvalue weighted by atomic mass is 10.0. The molecule has 0 amide bonds. The number of nitrogens with two attached hydrogens (primary N) is 1. The Bertz CT molecular complexity index is 312. The summed E-state index contributed by atoms with van der Waals surface area (Å²) in [5.74, 6) is -0.893. The lowest BCUT2D eigenvalue weighted by Crippen LogP contribution is -2.16. The number of nitrogens with zero attached hydrogens (tertiary/aromatic N) is 1. The van der Waals surface area contributed by atoms with Gasteiger partial charge in [0.1, 0.15) is 0 Å². The molecule has 1 atom stereocenters. The molecule has 1 aromatic heterocycles. The molecule has 3 N–H and O–H groups in total. The number of carboxylic acid groups (broad SMARTS) is 1. The van der Waals surface area contributed by atoms with E-state index in [-0.39, 0.29) is 6.42 Å². The van der Waals surface area contributed by atoms with E-state index in [1.165, 1.54) is 0 Å². The number of hydrogen-bond acceptors (Lipinski definition) is 3. The van der Waals surface area contributed by atoms with E-state index in [9.17, 15) is 4.79 Å². The number of rotatable bonds is 3. The van der Waals surface area contributed by atoms with Crippen molar-refractivity contribution in [1.82, 2.24) is 4.98 Å². The number of aryl methyl sites for hydroxylation is 1. The van der Waals surface area contributed by atoms with Gasteiger partial charge in [0, 0.05) is 18.4 Å². The third-order valence-corrected chi connectivity index (χ3v) is 1.87. The summed E-state index contributed by atoms with van der Waals surface area (Å²) in [6.45, 7) is 1.89. The second-order valence-corrected chi connectivity index (χ2v) is 2.94.